The first kappa shape index (κ1) is 13.2. The predicted octanol–water partition coefficient (Wildman–Crippen LogP) is 4.29. The number of nitrogens with one attached hydrogen (secondary N) is 1. The van der Waals surface area contributed by atoms with Crippen LogP contribution in [-0.4, -0.2) is 0 Å². The molecule has 0 aliphatic rings. The summed E-state index contributed by atoms with van der Waals surface area (Å²) < 4.78 is 0. The normalized spacial score (nSPS) is 11.6. The van der Waals surface area contributed by atoms with Crippen molar-refractivity contribution < 1.29 is 0 Å². The van der Waals surface area contributed by atoms with Gasteiger partial charge in [-0.3, -0.25) is 0 Å². The number of hydrogen-bond acceptors (Lipinski definition) is 2. The van der Waals surface area contributed by atoms with E-state index >= 15 is 0 Å². The SMILES string of the molecule is CCc1ccc(C(C)Nc2ccc(C#N)cc2)cc1. The average molecular weight is 250 g/mol. The maximum Gasteiger partial charge on any atom is 0.0991 e. The first-order valence-corrected chi connectivity index (χ1v) is 6.58. The zero-order valence-electron chi connectivity index (χ0n) is 11.4. The molecule has 96 valence electrons. The third kappa shape index (κ3) is 3.35. The van der Waals surface area contributed by atoms with Gasteiger partial charge >= 0.3 is 0 Å². The number of nitriles is 1. The van der Waals surface area contributed by atoms with Crippen molar-refractivity contribution in [2.45, 2.75) is 26.3 Å². The van der Waals surface area contributed by atoms with Gasteiger partial charge in [0.2, 0.25) is 0 Å². The van der Waals surface area contributed by atoms with E-state index in [1.54, 1.807) is 0 Å². The lowest BCUT2D eigenvalue weighted by atomic mass is 10.0. The summed E-state index contributed by atoms with van der Waals surface area (Å²) in [4.78, 5) is 0. The summed E-state index contributed by atoms with van der Waals surface area (Å²) in [5.41, 5.74) is 4.34. The topological polar surface area (TPSA) is 35.8 Å². The van der Waals surface area contributed by atoms with Crippen molar-refractivity contribution in [3.8, 4) is 6.07 Å². The lowest BCUT2D eigenvalue weighted by Gasteiger charge is -2.16. The van der Waals surface area contributed by atoms with Crippen LogP contribution in [0.25, 0.3) is 0 Å². The van der Waals surface area contributed by atoms with E-state index in [0.29, 0.717) is 5.56 Å². The van der Waals surface area contributed by atoms with Gasteiger partial charge in [0.15, 0.2) is 0 Å². The minimum Gasteiger partial charge on any atom is -0.379 e. The summed E-state index contributed by atoms with van der Waals surface area (Å²) in [7, 11) is 0. The van der Waals surface area contributed by atoms with E-state index in [2.05, 4.69) is 49.5 Å². The Balaban J connectivity index is 2.06. The maximum atomic E-state index is 8.77. The fourth-order valence-corrected chi connectivity index (χ4v) is 2.02. The molecule has 0 aliphatic heterocycles. The van der Waals surface area contributed by atoms with Crippen molar-refractivity contribution in [1.29, 1.82) is 5.26 Å². The average Bonchev–Trinajstić information content (AvgIpc) is 2.48. The highest BCUT2D eigenvalue weighted by molar-refractivity contribution is 5.48. The van der Waals surface area contributed by atoms with Gasteiger partial charge in [-0.25, -0.2) is 0 Å². The summed E-state index contributed by atoms with van der Waals surface area (Å²) in [6.45, 7) is 4.30. The number of hydrogen-bond donors (Lipinski definition) is 1. The van der Waals surface area contributed by atoms with Crippen LogP contribution < -0.4 is 5.32 Å². The van der Waals surface area contributed by atoms with Crippen molar-refractivity contribution in [3.05, 3.63) is 65.2 Å². The molecule has 0 bridgehead atoms. The minimum atomic E-state index is 0.249. The van der Waals surface area contributed by atoms with Gasteiger partial charge < -0.3 is 5.32 Å². The Labute approximate surface area is 114 Å². The first-order valence-electron chi connectivity index (χ1n) is 6.58. The lowest BCUT2D eigenvalue weighted by Crippen LogP contribution is -2.06. The Hall–Kier alpha value is -2.27. The van der Waals surface area contributed by atoms with Gasteiger partial charge in [-0.1, -0.05) is 31.2 Å². The molecule has 0 heterocycles. The fourth-order valence-electron chi connectivity index (χ4n) is 2.02. The van der Waals surface area contributed by atoms with E-state index < -0.39 is 0 Å². The van der Waals surface area contributed by atoms with E-state index in [4.69, 9.17) is 5.26 Å². The van der Waals surface area contributed by atoms with Gasteiger partial charge in [-0.2, -0.15) is 5.26 Å². The van der Waals surface area contributed by atoms with Gasteiger partial charge in [-0.15, -0.1) is 0 Å². The minimum absolute atomic E-state index is 0.249. The Kier molecular flexibility index (Phi) is 4.20. The number of aryl methyl sites for hydroxylation is 1. The van der Waals surface area contributed by atoms with Crippen LogP contribution in [0.15, 0.2) is 48.5 Å². The van der Waals surface area contributed by atoms with Crippen molar-refractivity contribution in [3.63, 3.8) is 0 Å². The molecule has 1 atom stereocenters. The van der Waals surface area contributed by atoms with Crippen molar-refractivity contribution in [2.75, 3.05) is 5.32 Å². The van der Waals surface area contributed by atoms with E-state index in [1.165, 1.54) is 11.1 Å². The maximum absolute atomic E-state index is 8.77. The quantitative estimate of drug-likeness (QED) is 0.878. The predicted molar refractivity (Wildman–Crippen MR) is 79.0 cm³/mol. The zero-order chi connectivity index (χ0) is 13.7. The van der Waals surface area contributed by atoms with Gasteiger partial charge in [0.1, 0.15) is 0 Å². The number of anilines is 1. The van der Waals surface area contributed by atoms with E-state index in [1.807, 2.05) is 24.3 Å². The fraction of sp³-hybridized carbons (Fsp3) is 0.235. The summed E-state index contributed by atoms with van der Waals surface area (Å²) in [6, 6.07) is 18.6. The Morgan fingerprint density at radius 1 is 1.05 bits per heavy atom. The highest BCUT2D eigenvalue weighted by Crippen LogP contribution is 2.20. The molecule has 0 aliphatic carbocycles. The molecule has 2 heteroatoms. The highest BCUT2D eigenvalue weighted by Gasteiger charge is 2.05. The molecule has 2 aromatic rings. The molecule has 0 aromatic heterocycles. The molecule has 0 saturated carbocycles. The molecule has 0 fully saturated rings. The molecule has 0 radical (unpaired) electrons. The standard InChI is InChI=1S/C17H18N2/c1-3-14-4-8-16(9-5-14)13(2)19-17-10-6-15(12-18)7-11-17/h4-11,13,19H,3H2,1-2H3. The number of nitrogens with zero attached hydrogens (tertiary/aromatic N) is 1. The van der Waals surface area contributed by atoms with E-state index in [0.717, 1.165) is 12.1 Å². The van der Waals surface area contributed by atoms with Crippen molar-refractivity contribution in [2.24, 2.45) is 0 Å². The molecule has 1 unspecified atom stereocenters. The molecule has 1 N–H and O–H groups in total. The van der Waals surface area contributed by atoms with Gasteiger partial charge in [-0.05, 0) is 48.7 Å². The third-order valence-corrected chi connectivity index (χ3v) is 3.29. The monoisotopic (exact) mass is 250 g/mol. The Bertz CT molecular complexity index is 562. The molecule has 19 heavy (non-hydrogen) atoms. The molecule has 2 aromatic carbocycles. The van der Waals surface area contributed by atoms with Gasteiger partial charge in [0.25, 0.3) is 0 Å². The summed E-state index contributed by atoms with van der Waals surface area (Å²) in [5, 5.41) is 12.2. The second-order valence-electron chi connectivity index (χ2n) is 4.65. The molecule has 0 saturated heterocycles. The van der Waals surface area contributed by atoms with Gasteiger partial charge in [0.05, 0.1) is 11.6 Å². The van der Waals surface area contributed by atoms with Crippen LogP contribution in [0.3, 0.4) is 0 Å². The molecule has 2 nitrogen and oxygen atoms in total. The molecule has 0 spiro atoms. The number of benzene rings is 2. The summed E-state index contributed by atoms with van der Waals surface area (Å²) >= 11 is 0. The largest absolute Gasteiger partial charge is 0.379 e. The Morgan fingerprint density at radius 3 is 2.21 bits per heavy atom. The summed E-state index contributed by atoms with van der Waals surface area (Å²) in [5.74, 6) is 0. The lowest BCUT2D eigenvalue weighted by molar-refractivity contribution is 0.883. The van der Waals surface area contributed by atoms with Gasteiger partial charge in [0, 0.05) is 11.7 Å². The highest BCUT2D eigenvalue weighted by atomic mass is 14.9. The van der Waals surface area contributed by atoms with Crippen LogP contribution in [0, 0.1) is 11.3 Å². The molecule has 0 amide bonds. The van der Waals surface area contributed by atoms with Crippen LogP contribution in [0.1, 0.15) is 36.6 Å². The van der Waals surface area contributed by atoms with Crippen molar-refractivity contribution >= 4 is 5.69 Å². The smallest absolute Gasteiger partial charge is 0.0991 e. The van der Waals surface area contributed by atoms with E-state index in [9.17, 15) is 0 Å². The number of rotatable bonds is 4. The van der Waals surface area contributed by atoms with Crippen LogP contribution >= 0.6 is 0 Å². The van der Waals surface area contributed by atoms with Crippen LogP contribution in [0.5, 0.6) is 0 Å². The van der Waals surface area contributed by atoms with Crippen LogP contribution in [0.2, 0.25) is 0 Å². The third-order valence-electron chi connectivity index (χ3n) is 3.29. The molecular weight excluding hydrogens is 232 g/mol. The van der Waals surface area contributed by atoms with Crippen molar-refractivity contribution in [1.82, 2.24) is 0 Å². The Morgan fingerprint density at radius 2 is 1.68 bits per heavy atom. The van der Waals surface area contributed by atoms with Crippen LogP contribution in [0.4, 0.5) is 5.69 Å². The molecular formula is C17H18N2. The zero-order valence-corrected chi connectivity index (χ0v) is 11.4. The van der Waals surface area contributed by atoms with Crippen LogP contribution in [-0.2, 0) is 6.42 Å². The van der Waals surface area contributed by atoms with E-state index in [-0.39, 0.29) is 6.04 Å². The second-order valence-corrected chi connectivity index (χ2v) is 4.65. The summed E-state index contributed by atoms with van der Waals surface area (Å²) in [6.07, 6.45) is 1.07. The second kappa shape index (κ2) is 6.06. The molecule has 2 rings (SSSR count). The first-order chi connectivity index (χ1) is 9.22.